The smallest absolute Gasteiger partial charge is 0.321 e. The van der Waals surface area contributed by atoms with E-state index in [-0.39, 0.29) is 29.6 Å². The number of rotatable bonds is 4. The third-order valence-corrected chi connectivity index (χ3v) is 6.55. The van der Waals surface area contributed by atoms with Gasteiger partial charge < -0.3 is 20.3 Å². The average Bonchev–Trinajstić information content (AvgIpc) is 3.42. The van der Waals surface area contributed by atoms with Gasteiger partial charge in [0, 0.05) is 31.2 Å². The first-order valence-electron chi connectivity index (χ1n) is 10.5. The maximum Gasteiger partial charge on any atom is 0.321 e. The van der Waals surface area contributed by atoms with Crippen molar-refractivity contribution in [1.82, 2.24) is 10.2 Å². The summed E-state index contributed by atoms with van der Waals surface area (Å²) in [7, 11) is 0. The summed E-state index contributed by atoms with van der Waals surface area (Å²) in [5.74, 6) is 0.912. The molecule has 0 unspecified atom stereocenters. The lowest BCUT2D eigenvalue weighted by atomic mass is 9.80. The summed E-state index contributed by atoms with van der Waals surface area (Å²) in [5, 5.41) is 6.02. The molecule has 2 heterocycles. The topological polar surface area (TPSA) is 70.7 Å². The fraction of sp³-hybridized carbons (Fsp3) is 0.636. The van der Waals surface area contributed by atoms with Gasteiger partial charge in [-0.15, -0.1) is 0 Å². The molecule has 3 aliphatic rings. The quantitative estimate of drug-likeness (QED) is 0.835. The van der Waals surface area contributed by atoms with Crippen LogP contribution in [-0.4, -0.2) is 48.2 Å². The van der Waals surface area contributed by atoms with Crippen molar-refractivity contribution in [2.75, 3.05) is 25.0 Å². The van der Waals surface area contributed by atoms with Gasteiger partial charge in [-0.05, 0) is 57.1 Å². The van der Waals surface area contributed by atoms with Crippen LogP contribution in [-0.2, 0) is 9.53 Å². The van der Waals surface area contributed by atoms with Crippen molar-refractivity contribution in [2.24, 2.45) is 11.8 Å². The number of nitrogens with one attached hydrogen (secondary N) is 2. The van der Waals surface area contributed by atoms with Crippen molar-refractivity contribution in [3.63, 3.8) is 0 Å². The van der Waals surface area contributed by atoms with Gasteiger partial charge in [0.25, 0.3) is 0 Å². The molecule has 4 rings (SSSR count). The molecular weight excluding hydrogens is 354 g/mol. The number of aryl methyl sites for hydroxylation is 1. The van der Waals surface area contributed by atoms with Crippen LogP contribution in [0.1, 0.15) is 44.6 Å². The Hall–Kier alpha value is -2.08. The highest BCUT2D eigenvalue weighted by Crippen LogP contribution is 2.42. The van der Waals surface area contributed by atoms with E-state index in [0.29, 0.717) is 19.0 Å². The monoisotopic (exact) mass is 385 g/mol. The number of carbonyl (C=O) groups is 2. The normalized spacial score (nSPS) is 29.7. The summed E-state index contributed by atoms with van der Waals surface area (Å²) in [4.78, 5) is 26.9. The Labute approximate surface area is 167 Å². The molecule has 0 bridgehead atoms. The van der Waals surface area contributed by atoms with Crippen LogP contribution in [0.3, 0.4) is 0 Å². The fourth-order valence-corrected chi connectivity index (χ4v) is 4.37. The Bertz CT molecular complexity index is 731. The first kappa shape index (κ1) is 19.2. The number of hydrogen-bond acceptors (Lipinski definition) is 3. The lowest BCUT2D eigenvalue weighted by Gasteiger charge is -2.44. The highest BCUT2D eigenvalue weighted by molar-refractivity contribution is 5.89. The maximum atomic E-state index is 12.6. The molecule has 3 amide bonds. The number of benzene rings is 1. The molecule has 2 aliphatic heterocycles. The number of carbonyl (C=O) groups excluding carboxylic acids is 2. The molecule has 2 N–H and O–H groups in total. The number of nitrogens with zero attached hydrogens (tertiary/aromatic N) is 1. The van der Waals surface area contributed by atoms with Crippen molar-refractivity contribution >= 4 is 17.6 Å². The second-order valence-corrected chi connectivity index (χ2v) is 8.79. The molecular formula is C22H31N3O3. The third-order valence-electron chi connectivity index (χ3n) is 6.55. The minimum absolute atomic E-state index is 0.0375. The van der Waals surface area contributed by atoms with Crippen molar-refractivity contribution in [1.29, 1.82) is 0 Å². The average molecular weight is 386 g/mol. The number of likely N-dealkylation sites (tertiary alicyclic amines) is 1. The second kappa shape index (κ2) is 7.74. The predicted octanol–water partition coefficient (Wildman–Crippen LogP) is 3.31. The van der Waals surface area contributed by atoms with Gasteiger partial charge in [0.05, 0.1) is 5.60 Å². The second-order valence-electron chi connectivity index (χ2n) is 8.79. The molecule has 1 spiro atoms. The number of hydrogen-bond donors (Lipinski definition) is 2. The largest absolute Gasteiger partial charge is 0.362 e. The molecule has 152 valence electrons. The van der Waals surface area contributed by atoms with E-state index in [1.165, 1.54) is 18.4 Å². The van der Waals surface area contributed by atoms with Crippen LogP contribution < -0.4 is 10.6 Å². The van der Waals surface area contributed by atoms with E-state index in [2.05, 4.69) is 17.6 Å². The maximum absolute atomic E-state index is 12.6. The van der Waals surface area contributed by atoms with Crippen LogP contribution in [0.5, 0.6) is 0 Å². The number of piperidine rings is 1. The van der Waals surface area contributed by atoms with Gasteiger partial charge in [-0.3, -0.25) is 4.79 Å². The Morgan fingerprint density at radius 2 is 1.93 bits per heavy atom. The molecule has 6 nitrogen and oxygen atoms in total. The number of ether oxygens (including phenoxy) is 1. The summed E-state index contributed by atoms with van der Waals surface area (Å²) in [6.45, 7) is 6.25. The summed E-state index contributed by atoms with van der Waals surface area (Å²) in [6, 6.07) is 7.76. The Balaban J connectivity index is 1.30. The molecule has 3 atom stereocenters. The van der Waals surface area contributed by atoms with Gasteiger partial charge in [-0.1, -0.05) is 24.6 Å². The van der Waals surface area contributed by atoms with Gasteiger partial charge in [0.15, 0.2) is 0 Å². The number of urea groups is 1. The fourth-order valence-electron chi connectivity index (χ4n) is 4.37. The van der Waals surface area contributed by atoms with Crippen LogP contribution in [0.15, 0.2) is 24.3 Å². The van der Waals surface area contributed by atoms with E-state index in [9.17, 15) is 9.59 Å². The summed E-state index contributed by atoms with van der Waals surface area (Å²) < 4.78 is 6.31. The van der Waals surface area contributed by atoms with Crippen molar-refractivity contribution in [2.45, 2.75) is 57.7 Å². The Morgan fingerprint density at radius 3 is 2.61 bits per heavy atom. The van der Waals surface area contributed by atoms with Crippen LogP contribution in [0.2, 0.25) is 0 Å². The number of anilines is 1. The highest BCUT2D eigenvalue weighted by atomic mass is 16.5. The van der Waals surface area contributed by atoms with E-state index in [1.807, 2.05) is 36.1 Å². The van der Waals surface area contributed by atoms with Gasteiger partial charge in [-0.25, -0.2) is 4.79 Å². The Kier molecular flexibility index (Phi) is 5.32. The molecule has 1 aromatic carbocycles. The van der Waals surface area contributed by atoms with E-state index >= 15 is 0 Å². The molecule has 28 heavy (non-hydrogen) atoms. The van der Waals surface area contributed by atoms with Gasteiger partial charge in [-0.2, -0.15) is 0 Å². The zero-order chi connectivity index (χ0) is 19.7. The van der Waals surface area contributed by atoms with Crippen molar-refractivity contribution < 1.29 is 14.3 Å². The van der Waals surface area contributed by atoms with Crippen LogP contribution in [0, 0.1) is 18.8 Å². The summed E-state index contributed by atoms with van der Waals surface area (Å²) in [5.41, 5.74) is 1.70. The molecule has 0 radical (unpaired) electrons. The molecule has 1 saturated carbocycles. The van der Waals surface area contributed by atoms with Gasteiger partial charge in [0.1, 0.15) is 6.10 Å². The van der Waals surface area contributed by atoms with Gasteiger partial charge >= 0.3 is 6.03 Å². The van der Waals surface area contributed by atoms with Crippen LogP contribution in [0.25, 0.3) is 0 Å². The lowest BCUT2D eigenvalue weighted by molar-refractivity contribution is -0.146. The lowest BCUT2D eigenvalue weighted by Crippen LogP contribution is -2.54. The zero-order valence-electron chi connectivity index (χ0n) is 16.9. The molecule has 6 heteroatoms. The third kappa shape index (κ3) is 4.17. The Morgan fingerprint density at radius 1 is 1.18 bits per heavy atom. The first-order chi connectivity index (χ1) is 13.4. The zero-order valence-corrected chi connectivity index (χ0v) is 16.9. The van der Waals surface area contributed by atoms with E-state index in [1.54, 1.807) is 0 Å². The highest BCUT2D eigenvalue weighted by Gasteiger charge is 2.49. The van der Waals surface area contributed by atoms with Crippen LogP contribution >= 0.6 is 0 Å². The molecule has 0 aromatic heterocycles. The van der Waals surface area contributed by atoms with Crippen molar-refractivity contribution in [3.8, 4) is 0 Å². The van der Waals surface area contributed by atoms with E-state index in [0.717, 1.165) is 31.5 Å². The minimum Gasteiger partial charge on any atom is -0.362 e. The molecule has 1 aliphatic carbocycles. The van der Waals surface area contributed by atoms with E-state index in [4.69, 9.17) is 4.74 Å². The summed E-state index contributed by atoms with van der Waals surface area (Å²) in [6.07, 6.45) is 4.57. The summed E-state index contributed by atoms with van der Waals surface area (Å²) >= 11 is 0. The molecule has 1 aromatic rings. The van der Waals surface area contributed by atoms with E-state index < -0.39 is 0 Å². The van der Waals surface area contributed by atoms with Crippen LogP contribution in [0.4, 0.5) is 10.5 Å². The standard InChI is InChI=1S/C22H31N3O3/c1-15-3-7-18(8-4-15)24-21(27)25-12-11-22(16(2)14-25)10-9-19(28-22)20(26)23-13-17-5-6-17/h3-4,7-8,16-17,19H,5-6,9-14H2,1-2H3,(H,23,26)(H,24,27)/t16-,19-,22-/m1/s1. The number of amides is 3. The van der Waals surface area contributed by atoms with Gasteiger partial charge in [0.2, 0.25) is 5.91 Å². The molecule has 2 saturated heterocycles. The minimum atomic E-state index is -0.339. The molecule has 3 fully saturated rings. The SMILES string of the molecule is Cc1ccc(NC(=O)N2CC[C@]3(CC[C@H](C(=O)NCC4CC4)O3)[C@H](C)C2)cc1. The van der Waals surface area contributed by atoms with Crippen molar-refractivity contribution in [3.05, 3.63) is 29.8 Å². The predicted molar refractivity (Wildman–Crippen MR) is 108 cm³/mol. The first-order valence-corrected chi connectivity index (χ1v) is 10.5.